The maximum atomic E-state index is 11.4. The number of piperazine rings is 1. The molecule has 7 nitrogen and oxygen atoms in total. The number of aromatic nitrogens is 1. The van der Waals surface area contributed by atoms with Crippen LogP contribution in [0.15, 0.2) is 18.3 Å². The van der Waals surface area contributed by atoms with E-state index in [0.29, 0.717) is 12.8 Å². The molecule has 29 heavy (non-hydrogen) atoms. The molecule has 0 aliphatic carbocycles. The Morgan fingerprint density at radius 1 is 1.21 bits per heavy atom. The van der Waals surface area contributed by atoms with Gasteiger partial charge in [0.25, 0.3) is 0 Å². The number of carbonyl (C=O) groups is 2. The molecule has 0 bridgehead atoms. The van der Waals surface area contributed by atoms with Gasteiger partial charge >= 0.3 is 0 Å². The molecule has 1 N–H and O–H groups in total. The predicted octanol–water partition coefficient (Wildman–Crippen LogP) is 1.35. The summed E-state index contributed by atoms with van der Waals surface area (Å²) >= 11 is 0. The topological polar surface area (TPSA) is 68.8 Å². The Bertz CT molecular complexity index is 650. The highest BCUT2D eigenvalue weighted by Gasteiger charge is 2.24. The zero-order chi connectivity index (χ0) is 20.6. The van der Waals surface area contributed by atoms with Crippen molar-refractivity contribution in [2.75, 3.05) is 64.8 Å². The molecular formula is C22H35N5O2. The van der Waals surface area contributed by atoms with Crippen molar-refractivity contribution in [2.45, 2.75) is 31.6 Å². The van der Waals surface area contributed by atoms with E-state index >= 15 is 0 Å². The fraction of sp³-hybridized carbons (Fsp3) is 0.682. The molecule has 1 aromatic rings. The van der Waals surface area contributed by atoms with Gasteiger partial charge in [0.15, 0.2) is 0 Å². The molecule has 0 spiro atoms. The van der Waals surface area contributed by atoms with Crippen LogP contribution in [0.5, 0.6) is 0 Å². The molecule has 2 saturated heterocycles. The molecule has 1 aromatic heterocycles. The number of pyridine rings is 1. The van der Waals surface area contributed by atoms with Crippen LogP contribution >= 0.6 is 0 Å². The Kier molecular flexibility index (Phi) is 8.00. The average molecular weight is 402 g/mol. The lowest BCUT2D eigenvalue weighted by Crippen LogP contribution is -2.47. The van der Waals surface area contributed by atoms with Crippen LogP contribution in [-0.2, 0) is 9.59 Å². The third-order valence-corrected chi connectivity index (χ3v) is 6.38. The first-order chi connectivity index (χ1) is 14.1. The minimum atomic E-state index is -0.275. The van der Waals surface area contributed by atoms with E-state index < -0.39 is 0 Å². The second kappa shape index (κ2) is 10.7. The van der Waals surface area contributed by atoms with E-state index in [1.807, 2.05) is 12.1 Å². The van der Waals surface area contributed by atoms with E-state index in [1.165, 1.54) is 45.6 Å². The molecule has 7 heteroatoms. The first-order valence-electron chi connectivity index (χ1n) is 10.9. The number of carbonyl (C=O) groups excluding carboxylic acids is 2. The summed E-state index contributed by atoms with van der Waals surface area (Å²) in [6.07, 6.45) is 6.00. The van der Waals surface area contributed by atoms with Gasteiger partial charge in [0.05, 0.1) is 0 Å². The third-order valence-electron chi connectivity index (χ3n) is 6.38. The number of rotatable bonds is 8. The lowest BCUT2D eigenvalue weighted by molar-refractivity contribution is -0.120. The lowest BCUT2D eigenvalue weighted by atomic mass is 9.95. The maximum absolute atomic E-state index is 11.4. The van der Waals surface area contributed by atoms with Crippen LogP contribution in [0.4, 0.5) is 5.82 Å². The Labute approximate surface area is 174 Å². The Morgan fingerprint density at radius 2 is 1.93 bits per heavy atom. The van der Waals surface area contributed by atoms with E-state index in [2.05, 4.69) is 32.0 Å². The van der Waals surface area contributed by atoms with Crippen molar-refractivity contribution < 1.29 is 9.59 Å². The van der Waals surface area contributed by atoms with Crippen molar-refractivity contribution in [3.63, 3.8) is 0 Å². The Hall–Kier alpha value is -1.99. The van der Waals surface area contributed by atoms with Gasteiger partial charge in [-0.3, -0.25) is 4.79 Å². The van der Waals surface area contributed by atoms with E-state index in [-0.39, 0.29) is 11.8 Å². The van der Waals surface area contributed by atoms with Gasteiger partial charge < -0.3 is 24.8 Å². The summed E-state index contributed by atoms with van der Waals surface area (Å²) in [7, 11) is 3.82. The number of likely N-dealkylation sites (N-methyl/N-ethyl adjacent to an activating group) is 1. The second-order valence-corrected chi connectivity index (χ2v) is 8.44. The molecule has 0 radical (unpaired) electrons. The van der Waals surface area contributed by atoms with Crippen molar-refractivity contribution in [1.29, 1.82) is 0 Å². The number of piperidine rings is 1. The molecule has 1 atom stereocenters. The van der Waals surface area contributed by atoms with E-state index in [4.69, 9.17) is 0 Å². The van der Waals surface area contributed by atoms with Crippen LogP contribution < -0.4 is 10.2 Å². The van der Waals surface area contributed by atoms with Gasteiger partial charge in [0, 0.05) is 71.4 Å². The molecule has 1 amide bonds. The molecule has 0 aromatic carbocycles. The van der Waals surface area contributed by atoms with Crippen LogP contribution in [0.3, 0.4) is 0 Å². The maximum Gasteiger partial charge on any atom is 0.219 e. The van der Waals surface area contributed by atoms with Crippen molar-refractivity contribution in [3.8, 4) is 0 Å². The molecule has 3 heterocycles. The summed E-state index contributed by atoms with van der Waals surface area (Å²) in [5.74, 6) is 1.45. The van der Waals surface area contributed by atoms with Crippen molar-refractivity contribution in [1.82, 2.24) is 20.1 Å². The van der Waals surface area contributed by atoms with Crippen LogP contribution in [0.25, 0.3) is 0 Å². The molecule has 1 unspecified atom stereocenters. The highest BCUT2D eigenvalue weighted by Crippen LogP contribution is 2.25. The summed E-state index contributed by atoms with van der Waals surface area (Å²) in [4.78, 5) is 34.9. The Morgan fingerprint density at radius 3 is 2.52 bits per heavy atom. The zero-order valence-corrected chi connectivity index (χ0v) is 17.8. The molecule has 3 rings (SSSR count). The highest BCUT2D eigenvalue weighted by atomic mass is 16.1. The van der Waals surface area contributed by atoms with Gasteiger partial charge in [-0.05, 0) is 43.9 Å². The summed E-state index contributed by atoms with van der Waals surface area (Å²) < 4.78 is 0. The van der Waals surface area contributed by atoms with Gasteiger partial charge in [-0.15, -0.1) is 0 Å². The van der Waals surface area contributed by atoms with Crippen LogP contribution in [0.1, 0.15) is 37.2 Å². The molecular weight excluding hydrogens is 366 g/mol. The van der Waals surface area contributed by atoms with E-state index in [9.17, 15) is 9.59 Å². The molecule has 2 aliphatic heterocycles. The molecule has 160 valence electrons. The summed E-state index contributed by atoms with van der Waals surface area (Å²) in [6, 6.07) is 4.01. The number of amides is 1. The van der Waals surface area contributed by atoms with Gasteiger partial charge in [0.1, 0.15) is 12.1 Å². The van der Waals surface area contributed by atoms with Crippen molar-refractivity contribution >= 4 is 18.0 Å². The van der Waals surface area contributed by atoms with Crippen molar-refractivity contribution in [2.24, 2.45) is 5.92 Å². The molecule has 2 aliphatic rings. The van der Waals surface area contributed by atoms with Crippen LogP contribution in [0, 0.1) is 5.92 Å². The smallest absolute Gasteiger partial charge is 0.219 e. The standard InChI is InChI=1S/C22H35N5O2/c1-23-22(29)6-4-20(17-28)19-3-5-21(24-15-19)27-9-7-18(8-10-27)16-26-13-11-25(2)12-14-26/h3,5,15,17-18,20H,4,6-14,16H2,1-2H3,(H,23,29). The number of hydrogen-bond acceptors (Lipinski definition) is 6. The van der Waals surface area contributed by atoms with Crippen molar-refractivity contribution in [3.05, 3.63) is 23.9 Å². The number of nitrogens with one attached hydrogen (secondary N) is 1. The average Bonchev–Trinajstić information content (AvgIpc) is 2.76. The normalized spacial score (nSPS) is 20.4. The fourth-order valence-corrected chi connectivity index (χ4v) is 4.27. The minimum Gasteiger partial charge on any atom is -0.359 e. The monoisotopic (exact) mass is 401 g/mol. The SMILES string of the molecule is CNC(=O)CCC(C=O)c1ccc(N2CCC(CN3CCN(C)CC3)CC2)nc1. The third kappa shape index (κ3) is 6.24. The summed E-state index contributed by atoms with van der Waals surface area (Å²) in [6.45, 7) is 8.05. The predicted molar refractivity (Wildman–Crippen MR) is 115 cm³/mol. The van der Waals surface area contributed by atoms with Gasteiger partial charge in [-0.25, -0.2) is 4.98 Å². The molecule has 0 saturated carbocycles. The highest BCUT2D eigenvalue weighted by molar-refractivity contribution is 5.76. The van der Waals surface area contributed by atoms with Crippen LogP contribution in [0.2, 0.25) is 0 Å². The van der Waals surface area contributed by atoms with Gasteiger partial charge in [0.2, 0.25) is 5.91 Å². The summed E-state index contributed by atoms with van der Waals surface area (Å²) in [5.41, 5.74) is 0.887. The van der Waals surface area contributed by atoms with Crippen LogP contribution in [-0.4, -0.2) is 86.9 Å². The first kappa shape index (κ1) is 21.7. The fourth-order valence-electron chi connectivity index (χ4n) is 4.27. The number of aldehydes is 1. The molecule has 2 fully saturated rings. The largest absolute Gasteiger partial charge is 0.359 e. The number of hydrogen-bond donors (Lipinski definition) is 1. The summed E-state index contributed by atoms with van der Waals surface area (Å²) in [5, 5.41) is 2.60. The van der Waals surface area contributed by atoms with Gasteiger partial charge in [-0.2, -0.15) is 0 Å². The number of anilines is 1. The lowest BCUT2D eigenvalue weighted by Gasteiger charge is -2.38. The Balaban J connectivity index is 1.47. The van der Waals surface area contributed by atoms with E-state index in [0.717, 1.165) is 36.7 Å². The number of nitrogens with zero attached hydrogens (tertiary/aromatic N) is 4. The van der Waals surface area contributed by atoms with Gasteiger partial charge in [-0.1, -0.05) is 6.07 Å². The quantitative estimate of drug-likeness (QED) is 0.664. The zero-order valence-electron chi connectivity index (χ0n) is 17.8. The second-order valence-electron chi connectivity index (χ2n) is 8.44. The first-order valence-corrected chi connectivity index (χ1v) is 10.9. The minimum absolute atomic E-state index is 0.0409. The van der Waals surface area contributed by atoms with E-state index in [1.54, 1.807) is 13.2 Å².